The van der Waals surface area contributed by atoms with E-state index in [0.29, 0.717) is 6.07 Å². The largest absolute Gasteiger partial charge is 0.243 e. The quantitative estimate of drug-likeness (QED) is 0.802. The van der Waals surface area contributed by atoms with Gasteiger partial charge in [0.1, 0.15) is 10.7 Å². The number of primary sulfonamides is 1. The molecule has 1 fully saturated rings. The van der Waals surface area contributed by atoms with E-state index in [1.165, 1.54) is 0 Å². The van der Waals surface area contributed by atoms with Crippen molar-refractivity contribution in [2.75, 3.05) is 0 Å². The maximum Gasteiger partial charge on any atom is 0.243 e. The highest BCUT2D eigenvalue weighted by molar-refractivity contribution is 7.89. The van der Waals surface area contributed by atoms with Crippen molar-refractivity contribution < 1.29 is 21.2 Å². The van der Waals surface area contributed by atoms with Crippen LogP contribution in [0.3, 0.4) is 0 Å². The summed E-state index contributed by atoms with van der Waals surface area (Å²) in [5, 5.41) is 4.89. The van der Waals surface area contributed by atoms with Crippen LogP contribution >= 0.6 is 0 Å². The summed E-state index contributed by atoms with van der Waals surface area (Å²) in [6.45, 7) is 0. The van der Waals surface area contributed by atoms with E-state index < -0.39 is 35.7 Å². The summed E-state index contributed by atoms with van der Waals surface area (Å²) in [4.78, 5) is -1.03. The van der Waals surface area contributed by atoms with E-state index in [9.17, 15) is 21.2 Å². The Morgan fingerprint density at radius 1 is 1.05 bits per heavy atom. The summed E-state index contributed by atoms with van der Waals surface area (Å²) < 4.78 is 63.3. The summed E-state index contributed by atoms with van der Waals surface area (Å²) in [5.74, 6) is -1.13. The summed E-state index contributed by atoms with van der Waals surface area (Å²) >= 11 is 0. The maximum atomic E-state index is 14.0. The Bertz CT molecular complexity index is 739. The average Bonchev–Trinajstić information content (AvgIpc) is 2.65. The maximum absolute atomic E-state index is 14.0. The first-order valence-electron chi connectivity index (χ1n) is 7.05. The van der Waals surface area contributed by atoms with Gasteiger partial charge in [-0.15, -0.1) is 0 Å². The van der Waals surface area contributed by atoms with Crippen LogP contribution in [0, 0.1) is 5.82 Å². The van der Waals surface area contributed by atoms with Gasteiger partial charge in [0.05, 0.1) is 4.90 Å². The van der Waals surface area contributed by atoms with Gasteiger partial charge in [-0.3, -0.25) is 0 Å². The Balaban J connectivity index is 2.25. The van der Waals surface area contributed by atoms with E-state index in [1.54, 1.807) is 0 Å². The molecule has 1 aromatic rings. The molecule has 2 rings (SSSR count). The van der Waals surface area contributed by atoms with Gasteiger partial charge in [-0.2, -0.15) is 0 Å². The van der Waals surface area contributed by atoms with Crippen LogP contribution in [-0.4, -0.2) is 22.9 Å². The number of sulfonamides is 2. The second-order valence-corrected chi connectivity index (χ2v) is 8.69. The summed E-state index contributed by atoms with van der Waals surface area (Å²) in [5.41, 5.74) is 0. The van der Waals surface area contributed by atoms with E-state index in [-0.39, 0.29) is 6.04 Å². The first kappa shape index (κ1) is 17.3. The van der Waals surface area contributed by atoms with Crippen molar-refractivity contribution >= 4 is 20.0 Å². The lowest BCUT2D eigenvalue weighted by Crippen LogP contribution is -2.35. The molecule has 0 atom stereocenters. The van der Waals surface area contributed by atoms with Crippen molar-refractivity contribution in [2.24, 2.45) is 5.14 Å². The average molecular weight is 350 g/mol. The lowest BCUT2D eigenvalue weighted by Gasteiger charge is -2.16. The number of nitrogens with one attached hydrogen (secondary N) is 1. The lowest BCUT2D eigenvalue weighted by molar-refractivity contribution is 0.503. The molecule has 9 heteroatoms. The first-order valence-corrected chi connectivity index (χ1v) is 10.1. The molecular weight excluding hydrogens is 331 g/mol. The zero-order valence-electron chi connectivity index (χ0n) is 12.0. The molecule has 124 valence electrons. The minimum absolute atomic E-state index is 0.218. The van der Waals surface area contributed by atoms with Crippen LogP contribution in [0.25, 0.3) is 0 Å². The summed E-state index contributed by atoms with van der Waals surface area (Å²) in [6, 6.07) is 2.32. The van der Waals surface area contributed by atoms with Gasteiger partial charge in [0.15, 0.2) is 0 Å². The van der Waals surface area contributed by atoms with Crippen LogP contribution in [0.4, 0.5) is 4.39 Å². The lowest BCUT2D eigenvalue weighted by atomic mass is 10.1. The Labute approximate surface area is 130 Å². The van der Waals surface area contributed by atoms with Gasteiger partial charge >= 0.3 is 0 Å². The topological polar surface area (TPSA) is 106 Å². The van der Waals surface area contributed by atoms with Gasteiger partial charge in [0.25, 0.3) is 0 Å². The van der Waals surface area contributed by atoms with Gasteiger partial charge in [-0.25, -0.2) is 31.1 Å². The van der Waals surface area contributed by atoms with Gasteiger partial charge in [-0.05, 0) is 31.0 Å². The van der Waals surface area contributed by atoms with Crippen molar-refractivity contribution in [3.63, 3.8) is 0 Å². The van der Waals surface area contributed by atoms with Crippen LogP contribution in [0.15, 0.2) is 28.0 Å². The molecule has 6 nitrogen and oxygen atoms in total. The molecule has 22 heavy (non-hydrogen) atoms. The third-order valence-electron chi connectivity index (χ3n) is 3.70. The smallest absolute Gasteiger partial charge is 0.225 e. The number of hydrogen-bond donors (Lipinski definition) is 2. The second-order valence-electron chi connectivity index (χ2n) is 5.45. The van der Waals surface area contributed by atoms with Crippen molar-refractivity contribution in [3.05, 3.63) is 24.0 Å². The van der Waals surface area contributed by atoms with Crippen LogP contribution in [0.2, 0.25) is 0 Å². The minimum atomic E-state index is -4.07. The molecule has 3 N–H and O–H groups in total. The standard InChI is InChI=1S/C13H19FN2O4S2/c14-12-9-11(21(15,17)18)7-8-13(12)22(19,20)16-10-5-3-1-2-4-6-10/h7-10,16H,1-6H2,(H2,15,17,18). The summed E-state index contributed by atoms with van der Waals surface area (Å²) in [7, 11) is -8.10. The molecule has 1 aliphatic carbocycles. The van der Waals surface area contributed by atoms with Gasteiger partial charge in [0.2, 0.25) is 20.0 Å². The highest BCUT2D eigenvalue weighted by Crippen LogP contribution is 2.22. The predicted molar refractivity (Wildman–Crippen MR) is 79.6 cm³/mol. The monoisotopic (exact) mass is 350 g/mol. The van der Waals surface area contributed by atoms with Crippen molar-refractivity contribution in [2.45, 2.75) is 54.4 Å². The Morgan fingerprint density at radius 2 is 1.64 bits per heavy atom. The molecule has 0 radical (unpaired) electrons. The fourth-order valence-corrected chi connectivity index (χ4v) is 4.45. The fraction of sp³-hybridized carbons (Fsp3) is 0.538. The first-order chi connectivity index (χ1) is 10.2. The molecule has 0 bridgehead atoms. The normalized spacial score (nSPS) is 18.1. The molecule has 0 heterocycles. The zero-order chi connectivity index (χ0) is 16.4. The van der Waals surface area contributed by atoms with Gasteiger partial charge in [-0.1, -0.05) is 25.7 Å². The number of halogens is 1. The highest BCUT2D eigenvalue weighted by atomic mass is 32.2. The van der Waals surface area contributed by atoms with E-state index in [0.717, 1.165) is 50.7 Å². The molecule has 0 unspecified atom stereocenters. The fourth-order valence-electron chi connectivity index (χ4n) is 2.56. The van der Waals surface area contributed by atoms with Crippen LogP contribution in [-0.2, 0) is 20.0 Å². The van der Waals surface area contributed by atoms with Gasteiger partial charge < -0.3 is 0 Å². The Kier molecular flexibility index (Phi) is 5.21. The third-order valence-corrected chi connectivity index (χ3v) is 6.16. The molecule has 0 amide bonds. The number of hydrogen-bond acceptors (Lipinski definition) is 4. The predicted octanol–water partition coefficient (Wildman–Crippen LogP) is 1.47. The highest BCUT2D eigenvalue weighted by Gasteiger charge is 2.25. The second kappa shape index (κ2) is 6.61. The third kappa shape index (κ3) is 4.25. The molecule has 0 saturated heterocycles. The molecule has 1 aromatic carbocycles. The molecule has 0 aromatic heterocycles. The van der Waals surface area contributed by atoms with E-state index in [1.807, 2.05) is 0 Å². The van der Waals surface area contributed by atoms with E-state index in [2.05, 4.69) is 4.72 Å². The number of benzene rings is 1. The van der Waals surface area contributed by atoms with E-state index >= 15 is 0 Å². The van der Waals surface area contributed by atoms with Crippen molar-refractivity contribution in [3.8, 4) is 0 Å². The van der Waals surface area contributed by atoms with Crippen molar-refractivity contribution in [1.29, 1.82) is 0 Å². The molecular formula is C13H19FN2O4S2. The van der Waals surface area contributed by atoms with Gasteiger partial charge in [0, 0.05) is 6.04 Å². The molecule has 0 spiro atoms. The molecule has 1 saturated carbocycles. The SMILES string of the molecule is NS(=O)(=O)c1ccc(S(=O)(=O)NC2CCCCCC2)c(F)c1. The molecule has 1 aliphatic rings. The molecule has 0 aliphatic heterocycles. The summed E-state index contributed by atoms with van der Waals surface area (Å²) in [6.07, 6.45) is 5.43. The zero-order valence-corrected chi connectivity index (χ0v) is 13.6. The Hall–Kier alpha value is -1.03. The minimum Gasteiger partial charge on any atom is -0.225 e. The van der Waals surface area contributed by atoms with Crippen LogP contribution in [0.1, 0.15) is 38.5 Å². The van der Waals surface area contributed by atoms with Crippen molar-refractivity contribution in [1.82, 2.24) is 4.72 Å². The van der Waals surface area contributed by atoms with E-state index in [4.69, 9.17) is 5.14 Å². The number of rotatable bonds is 4. The Morgan fingerprint density at radius 3 is 2.14 bits per heavy atom. The van der Waals surface area contributed by atoms with Crippen LogP contribution < -0.4 is 9.86 Å². The van der Waals surface area contributed by atoms with Crippen LogP contribution in [0.5, 0.6) is 0 Å². The number of nitrogens with two attached hydrogens (primary N) is 1.